The molecule has 0 saturated heterocycles. The maximum Gasteiger partial charge on any atom is 0.129 e. The van der Waals surface area contributed by atoms with Crippen molar-refractivity contribution in [2.45, 2.75) is 67.7 Å². The summed E-state index contributed by atoms with van der Waals surface area (Å²) in [6.45, 7) is 15.1. The minimum atomic E-state index is 0.108. The van der Waals surface area contributed by atoms with Crippen molar-refractivity contribution in [1.82, 2.24) is 0 Å². The lowest BCUT2D eigenvalue weighted by Crippen LogP contribution is -2.19. The van der Waals surface area contributed by atoms with Crippen LogP contribution in [0.1, 0.15) is 67.7 Å². The molecule has 35 heavy (non-hydrogen) atoms. The maximum absolute atomic E-state index is 8.79. The lowest BCUT2D eigenvalue weighted by molar-refractivity contribution is 0.377. The zero-order valence-electron chi connectivity index (χ0n) is 22.5. The zero-order chi connectivity index (χ0) is 26.3. The summed E-state index contributed by atoms with van der Waals surface area (Å²) < 4.78 is 0. The second-order valence-electron chi connectivity index (χ2n) is 9.79. The minimum Gasteiger partial charge on any atom is -0.192 e. The van der Waals surface area contributed by atoms with E-state index in [0.29, 0.717) is 0 Å². The molecule has 1 aliphatic rings. The van der Waals surface area contributed by atoms with E-state index in [4.69, 9.17) is 10.5 Å². The Morgan fingerprint density at radius 1 is 0.743 bits per heavy atom. The molecule has 0 heterocycles. The van der Waals surface area contributed by atoms with E-state index in [-0.39, 0.29) is 11.0 Å². The van der Waals surface area contributed by atoms with Gasteiger partial charge in [-0.2, -0.15) is 10.5 Å². The van der Waals surface area contributed by atoms with Gasteiger partial charge in [0.1, 0.15) is 17.7 Å². The lowest BCUT2D eigenvalue weighted by atomic mass is 9.72. The van der Waals surface area contributed by atoms with E-state index in [1.54, 1.807) is 6.08 Å². The Hall–Kier alpha value is -3.62. The Kier molecular flexibility index (Phi) is 12.9. The van der Waals surface area contributed by atoms with Crippen molar-refractivity contribution in [3.8, 4) is 12.1 Å². The van der Waals surface area contributed by atoms with Crippen LogP contribution in [0.4, 0.5) is 0 Å². The van der Waals surface area contributed by atoms with Crippen LogP contribution in [-0.4, -0.2) is 0 Å². The fourth-order valence-corrected chi connectivity index (χ4v) is 3.88. The topological polar surface area (TPSA) is 47.6 Å². The predicted molar refractivity (Wildman–Crippen MR) is 151 cm³/mol. The Balaban J connectivity index is 2.67. The molecule has 1 aliphatic carbocycles. The molecule has 0 aromatic heterocycles. The smallest absolute Gasteiger partial charge is 0.129 e. The van der Waals surface area contributed by atoms with Gasteiger partial charge in [0.25, 0.3) is 0 Å². The van der Waals surface area contributed by atoms with Crippen LogP contribution in [0.3, 0.4) is 0 Å². The number of rotatable bonds is 9. The summed E-state index contributed by atoms with van der Waals surface area (Å²) in [6.07, 6.45) is 30.2. The largest absolute Gasteiger partial charge is 0.192 e. The highest BCUT2D eigenvalue weighted by atomic mass is 14.3. The first-order chi connectivity index (χ1) is 16.6. The Morgan fingerprint density at radius 2 is 1.23 bits per heavy atom. The third-order valence-corrected chi connectivity index (χ3v) is 5.93. The Bertz CT molecular complexity index is 1120. The first kappa shape index (κ1) is 29.4. The van der Waals surface area contributed by atoms with Gasteiger partial charge < -0.3 is 0 Å². The van der Waals surface area contributed by atoms with Crippen molar-refractivity contribution >= 4 is 0 Å². The van der Waals surface area contributed by atoms with Crippen LogP contribution in [0.5, 0.6) is 0 Å². The Morgan fingerprint density at radius 3 is 1.74 bits per heavy atom. The first-order valence-electron chi connectivity index (χ1n) is 12.2. The molecule has 0 aliphatic heterocycles. The predicted octanol–water partition coefficient (Wildman–Crippen LogP) is 9.50. The van der Waals surface area contributed by atoms with Crippen LogP contribution in [0, 0.1) is 28.1 Å². The SMILES string of the molecule is CC1=C(/C=C/C(C)=C/C=C/C(C)=C/C=C/C=C(C)/C=C/C=C(\C)C=C(C#N)C#N)C(C)(C)CCC1. The van der Waals surface area contributed by atoms with E-state index < -0.39 is 0 Å². The normalized spacial score (nSPS) is 18.1. The number of nitrogens with zero attached hydrogens (tertiary/aromatic N) is 2. The van der Waals surface area contributed by atoms with Gasteiger partial charge in [0, 0.05) is 0 Å². The van der Waals surface area contributed by atoms with E-state index >= 15 is 0 Å². The van der Waals surface area contributed by atoms with Gasteiger partial charge in [0.15, 0.2) is 0 Å². The molecule has 0 unspecified atom stereocenters. The van der Waals surface area contributed by atoms with Gasteiger partial charge in [-0.15, -0.1) is 0 Å². The Labute approximate surface area is 213 Å². The molecule has 0 aromatic rings. The monoisotopic (exact) mass is 464 g/mol. The van der Waals surface area contributed by atoms with Crippen LogP contribution in [0.15, 0.2) is 118 Å². The standard InChI is InChI=1S/C33H40N2/c1-26(13-8-9-14-27(2)16-11-18-29(4)23-31(24-34)25-35)15-10-17-28(3)20-21-32-30(5)19-12-22-33(32,6)7/h8-11,13-18,20-21,23H,12,19,22H2,1-7H3/b9-8+,15-10+,16-11+,21-20+,26-13+,27-14+,28-17+,29-18+. The summed E-state index contributed by atoms with van der Waals surface area (Å²) in [5.41, 5.74) is 7.79. The van der Waals surface area contributed by atoms with E-state index in [1.165, 1.54) is 41.6 Å². The molecule has 0 radical (unpaired) electrons. The quantitative estimate of drug-likeness (QED) is 0.252. The van der Waals surface area contributed by atoms with E-state index in [0.717, 1.165) is 11.1 Å². The van der Waals surface area contributed by atoms with E-state index in [2.05, 4.69) is 71.1 Å². The molecular formula is C33H40N2. The second kappa shape index (κ2) is 15.3. The van der Waals surface area contributed by atoms with Crippen LogP contribution < -0.4 is 0 Å². The van der Waals surface area contributed by atoms with Gasteiger partial charge in [-0.25, -0.2) is 0 Å². The molecular weight excluding hydrogens is 424 g/mol. The average molecular weight is 465 g/mol. The molecule has 0 N–H and O–H groups in total. The molecule has 182 valence electrons. The molecule has 0 amide bonds. The van der Waals surface area contributed by atoms with Crippen molar-refractivity contribution in [2.75, 3.05) is 0 Å². The third kappa shape index (κ3) is 11.9. The molecule has 0 bridgehead atoms. The van der Waals surface area contributed by atoms with E-state index in [1.807, 2.05) is 62.4 Å². The van der Waals surface area contributed by atoms with Gasteiger partial charge in [-0.3, -0.25) is 0 Å². The maximum atomic E-state index is 8.79. The van der Waals surface area contributed by atoms with Gasteiger partial charge in [0.05, 0.1) is 0 Å². The molecule has 0 fully saturated rings. The molecule has 0 aromatic carbocycles. The van der Waals surface area contributed by atoms with Gasteiger partial charge in [0.2, 0.25) is 0 Å². The average Bonchev–Trinajstić information content (AvgIpc) is 2.79. The number of allylic oxidation sites excluding steroid dienone is 20. The van der Waals surface area contributed by atoms with Gasteiger partial charge >= 0.3 is 0 Å². The highest BCUT2D eigenvalue weighted by Crippen LogP contribution is 2.40. The van der Waals surface area contributed by atoms with Gasteiger partial charge in [-0.1, -0.05) is 109 Å². The molecule has 0 atom stereocenters. The minimum absolute atomic E-state index is 0.108. The summed E-state index contributed by atoms with van der Waals surface area (Å²) >= 11 is 0. The summed E-state index contributed by atoms with van der Waals surface area (Å²) in [7, 11) is 0. The van der Waals surface area contributed by atoms with Crippen LogP contribution >= 0.6 is 0 Å². The third-order valence-electron chi connectivity index (χ3n) is 5.93. The lowest BCUT2D eigenvalue weighted by Gasteiger charge is -2.32. The van der Waals surface area contributed by atoms with Crippen molar-refractivity contribution in [3.63, 3.8) is 0 Å². The molecule has 2 nitrogen and oxygen atoms in total. The fourth-order valence-electron chi connectivity index (χ4n) is 3.88. The molecule has 2 heteroatoms. The fraction of sp³-hybridized carbons (Fsp3) is 0.333. The first-order valence-corrected chi connectivity index (χ1v) is 12.2. The van der Waals surface area contributed by atoms with Crippen LogP contribution in [0.25, 0.3) is 0 Å². The van der Waals surface area contributed by atoms with E-state index in [9.17, 15) is 0 Å². The van der Waals surface area contributed by atoms with Gasteiger partial charge in [-0.05, 0) is 76.5 Å². The number of hydrogen-bond donors (Lipinski definition) is 0. The van der Waals surface area contributed by atoms with Crippen molar-refractivity contribution in [3.05, 3.63) is 118 Å². The van der Waals surface area contributed by atoms with Crippen LogP contribution in [-0.2, 0) is 0 Å². The number of hydrogen-bond acceptors (Lipinski definition) is 2. The highest BCUT2D eigenvalue weighted by molar-refractivity contribution is 5.42. The van der Waals surface area contributed by atoms with Crippen molar-refractivity contribution < 1.29 is 0 Å². The van der Waals surface area contributed by atoms with Crippen molar-refractivity contribution in [2.24, 2.45) is 5.41 Å². The molecule has 1 rings (SSSR count). The second-order valence-corrected chi connectivity index (χ2v) is 9.79. The highest BCUT2D eigenvalue weighted by Gasteiger charge is 2.26. The summed E-state index contributed by atoms with van der Waals surface area (Å²) in [5.74, 6) is 0. The summed E-state index contributed by atoms with van der Waals surface area (Å²) in [5, 5.41) is 17.6. The van der Waals surface area contributed by atoms with Crippen molar-refractivity contribution in [1.29, 1.82) is 10.5 Å². The van der Waals surface area contributed by atoms with Crippen LogP contribution in [0.2, 0.25) is 0 Å². The number of nitriles is 2. The molecule has 0 spiro atoms. The summed E-state index contributed by atoms with van der Waals surface area (Å²) in [4.78, 5) is 0. The summed E-state index contributed by atoms with van der Waals surface area (Å²) in [6, 6.07) is 3.72. The zero-order valence-corrected chi connectivity index (χ0v) is 22.5. The molecule has 0 saturated carbocycles.